The number of halogens is 1. The summed E-state index contributed by atoms with van der Waals surface area (Å²) in [6.45, 7) is 2.16. The highest BCUT2D eigenvalue weighted by molar-refractivity contribution is 5.36. The van der Waals surface area contributed by atoms with Gasteiger partial charge in [0.1, 0.15) is 5.82 Å². The summed E-state index contributed by atoms with van der Waals surface area (Å²) in [5.74, 6) is 0.402. The van der Waals surface area contributed by atoms with Crippen LogP contribution in [0.1, 0.15) is 38.2 Å². The second kappa shape index (κ2) is 4.25. The Kier molecular flexibility index (Phi) is 2.96. The van der Waals surface area contributed by atoms with Gasteiger partial charge in [-0.25, -0.2) is 4.39 Å². The van der Waals surface area contributed by atoms with Gasteiger partial charge in [0.05, 0.1) is 11.5 Å². The number of nitriles is 1. The Balaban J connectivity index is 2.17. The molecule has 0 bridgehead atoms. The van der Waals surface area contributed by atoms with Gasteiger partial charge in [0, 0.05) is 0 Å². The summed E-state index contributed by atoms with van der Waals surface area (Å²) < 4.78 is 13.1. The van der Waals surface area contributed by atoms with Crippen LogP contribution in [0.4, 0.5) is 4.39 Å². The summed E-state index contributed by atoms with van der Waals surface area (Å²) in [4.78, 5) is 0. The topological polar surface area (TPSA) is 23.8 Å². The van der Waals surface area contributed by atoms with Crippen LogP contribution in [0.25, 0.3) is 0 Å². The van der Waals surface area contributed by atoms with Crippen LogP contribution in [0.15, 0.2) is 24.3 Å². The van der Waals surface area contributed by atoms with E-state index in [1.54, 1.807) is 6.07 Å². The Hall–Kier alpha value is -1.36. The lowest BCUT2D eigenvalue weighted by atomic mass is 9.58. The number of benzene rings is 1. The molecule has 1 aromatic carbocycles. The molecule has 1 saturated carbocycles. The van der Waals surface area contributed by atoms with Crippen LogP contribution >= 0.6 is 0 Å². The Morgan fingerprint density at radius 1 is 1.50 bits per heavy atom. The molecule has 84 valence electrons. The van der Waals surface area contributed by atoms with E-state index in [1.165, 1.54) is 18.6 Å². The highest BCUT2D eigenvalue weighted by Gasteiger charge is 2.45. The zero-order chi connectivity index (χ0) is 11.6. The third-order valence-electron chi connectivity index (χ3n) is 3.56. The van der Waals surface area contributed by atoms with E-state index in [2.05, 4.69) is 13.0 Å². The van der Waals surface area contributed by atoms with Crippen LogP contribution in [-0.4, -0.2) is 0 Å². The van der Waals surface area contributed by atoms with Crippen molar-refractivity contribution in [2.24, 2.45) is 5.92 Å². The summed E-state index contributed by atoms with van der Waals surface area (Å²) in [5.41, 5.74) is 0.435. The van der Waals surface area contributed by atoms with E-state index < -0.39 is 5.41 Å². The molecule has 2 heteroatoms. The maximum atomic E-state index is 13.1. The van der Waals surface area contributed by atoms with Gasteiger partial charge in [0.15, 0.2) is 0 Å². The van der Waals surface area contributed by atoms with Crippen molar-refractivity contribution in [2.75, 3.05) is 0 Å². The second-order valence-corrected chi connectivity index (χ2v) is 4.77. The Labute approximate surface area is 95.9 Å². The van der Waals surface area contributed by atoms with Crippen LogP contribution in [0, 0.1) is 23.1 Å². The minimum Gasteiger partial charge on any atom is -0.207 e. The van der Waals surface area contributed by atoms with Crippen LogP contribution in [0.2, 0.25) is 0 Å². The number of rotatable bonds is 3. The van der Waals surface area contributed by atoms with Crippen molar-refractivity contribution in [2.45, 2.75) is 38.0 Å². The molecule has 0 saturated heterocycles. The van der Waals surface area contributed by atoms with Gasteiger partial charge in [-0.15, -0.1) is 0 Å². The third-order valence-corrected chi connectivity index (χ3v) is 3.56. The normalized spacial score (nSPS) is 28.2. The first-order valence-corrected chi connectivity index (χ1v) is 5.87. The maximum absolute atomic E-state index is 13.1. The predicted molar refractivity (Wildman–Crippen MR) is 61.3 cm³/mol. The lowest BCUT2D eigenvalue weighted by molar-refractivity contribution is 0.184. The summed E-state index contributed by atoms with van der Waals surface area (Å²) >= 11 is 0. The van der Waals surface area contributed by atoms with Crippen LogP contribution < -0.4 is 0 Å². The van der Waals surface area contributed by atoms with Gasteiger partial charge in [0.2, 0.25) is 0 Å². The molecular formula is C14H16FN. The highest BCUT2D eigenvalue weighted by atomic mass is 19.1. The largest absolute Gasteiger partial charge is 0.207 e. The lowest BCUT2D eigenvalue weighted by Crippen LogP contribution is -2.40. The molecule has 0 unspecified atom stereocenters. The molecule has 16 heavy (non-hydrogen) atoms. The van der Waals surface area contributed by atoms with E-state index in [9.17, 15) is 9.65 Å². The molecule has 0 N–H and O–H groups in total. The smallest absolute Gasteiger partial charge is 0.123 e. The van der Waals surface area contributed by atoms with Crippen molar-refractivity contribution in [3.63, 3.8) is 0 Å². The molecule has 0 aromatic heterocycles. The summed E-state index contributed by atoms with van der Waals surface area (Å²) in [6.07, 6.45) is 4.12. The minimum absolute atomic E-state index is 0.244. The molecule has 1 nitrogen and oxygen atoms in total. The van der Waals surface area contributed by atoms with Crippen molar-refractivity contribution in [3.05, 3.63) is 35.6 Å². The molecule has 0 amide bonds. The SMILES string of the molecule is CCCC1CC(C#N)(c2cccc(F)c2)C1. The van der Waals surface area contributed by atoms with Crippen LogP contribution in [-0.2, 0) is 5.41 Å². The van der Waals surface area contributed by atoms with Gasteiger partial charge in [-0.3, -0.25) is 0 Å². The molecule has 1 fully saturated rings. The average molecular weight is 217 g/mol. The molecule has 0 aliphatic heterocycles. The average Bonchev–Trinajstić information content (AvgIpc) is 2.23. The fourth-order valence-corrected chi connectivity index (χ4v) is 2.72. The van der Waals surface area contributed by atoms with Crippen molar-refractivity contribution >= 4 is 0 Å². The van der Waals surface area contributed by atoms with E-state index in [0.717, 1.165) is 24.8 Å². The molecule has 0 heterocycles. The van der Waals surface area contributed by atoms with Crippen molar-refractivity contribution < 1.29 is 4.39 Å². The van der Waals surface area contributed by atoms with Crippen molar-refractivity contribution in [1.29, 1.82) is 5.26 Å². The van der Waals surface area contributed by atoms with Crippen molar-refractivity contribution in [3.8, 4) is 6.07 Å². The molecule has 1 aliphatic rings. The number of hydrogen-bond acceptors (Lipinski definition) is 1. The molecule has 0 spiro atoms. The maximum Gasteiger partial charge on any atom is 0.123 e. The van der Waals surface area contributed by atoms with Gasteiger partial charge in [-0.2, -0.15) is 5.26 Å². The van der Waals surface area contributed by atoms with E-state index in [1.807, 2.05) is 6.07 Å². The van der Waals surface area contributed by atoms with Gasteiger partial charge >= 0.3 is 0 Å². The fraction of sp³-hybridized carbons (Fsp3) is 0.500. The lowest BCUT2D eigenvalue weighted by Gasteiger charge is -2.43. The zero-order valence-electron chi connectivity index (χ0n) is 9.54. The highest BCUT2D eigenvalue weighted by Crippen LogP contribution is 2.49. The minimum atomic E-state index is -0.415. The number of nitrogens with zero attached hydrogens (tertiary/aromatic N) is 1. The van der Waals surface area contributed by atoms with Gasteiger partial charge in [-0.05, 0) is 36.5 Å². The van der Waals surface area contributed by atoms with Crippen molar-refractivity contribution in [1.82, 2.24) is 0 Å². The quantitative estimate of drug-likeness (QED) is 0.755. The first kappa shape index (κ1) is 11.1. The second-order valence-electron chi connectivity index (χ2n) is 4.77. The molecule has 0 radical (unpaired) electrons. The van der Waals surface area contributed by atoms with E-state index in [0.29, 0.717) is 5.92 Å². The summed E-state index contributed by atoms with van der Waals surface area (Å²) in [7, 11) is 0. The fourth-order valence-electron chi connectivity index (χ4n) is 2.72. The van der Waals surface area contributed by atoms with Crippen LogP contribution in [0.5, 0.6) is 0 Å². The molecule has 0 atom stereocenters. The van der Waals surface area contributed by atoms with E-state index in [4.69, 9.17) is 0 Å². The Morgan fingerprint density at radius 3 is 2.81 bits per heavy atom. The summed E-state index contributed by atoms with van der Waals surface area (Å²) in [6, 6.07) is 8.87. The van der Waals surface area contributed by atoms with E-state index >= 15 is 0 Å². The molecule has 1 aliphatic carbocycles. The first-order valence-electron chi connectivity index (χ1n) is 5.87. The zero-order valence-corrected chi connectivity index (χ0v) is 9.54. The van der Waals surface area contributed by atoms with Gasteiger partial charge in [0.25, 0.3) is 0 Å². The summed E-state index contributed by atoms with van der Waals surface area (Å²) in [5, 5.41) is 9.29. The van der Waals surface area contributed by atoms with E-state index in [-0.39, 0.29) is 5.82 Å². The first-order chi connectivity index (χ1) is 7.70. The Bertz CT molecular complexity index is 413. The predicted octanol–water partition coefficient (Wildman–Crippen LogP) is 3.80. The van der Waals surface area contributed by atoms with Gasteiger partial charge in [-0.1, -0.05) is 31.9 Å². The number of hydrogen-bond donors (Lipinski definition) is 0. The molecule has 2 rings (SSSR count). The standard InChI is InChI=1S/C14H16FN/c1-2-4-11-8-14(9-11,10-16)12-5-3-6-13(15)7-12/h3,5-7,11H,2,4,8-9H2,1H3. The van der Waals surface area contributed by atoms with Gasteiger partial charge < -0.3 is 0 Å². The molecular weight excluding hydrogens is 201 g/mol. The Morgan fingerprint density at radius 2 is 2.25 bits per heavy atom. The molecule has 1 aromatic rings. The monoisotopic (exact) mass is 217 g/mol. The van der Waals surface area contributed by atoms with Crippen LogP contribution in [0.3, 0.4) is 0 Å². The third kappa shape index (κ3) is 1.82.